The van der Waals surface area contributed by atoms with Crippen LogP contribution in [0.2, 0.25) is 0 Å². The van der Waals surface area contributed by atoms with E-state index >= 15 is 0 Å². The van der Waals surface area contributed by atoms with E-state index in [1.807, 2.05) is 0 Å². The summed E-state index contributed by atoms with van der Waals surface area (Å²) in [5.74, 6) is -0.928. The van der Waals surface area contributed by atoms with Crippen molar-refractivity contribution >= 4 is 17.9 Å². The third-order valence-electron chi connectivity index (χ3n) is 15.3. The highest BCUT2D eigenvalue weighted by Crippen LogP contribution is 2.18. The molecule has 0 radical (unpaired) electrons. The number of carbonyl (C=O) groups is 3. The van der Waals surface area contributed by atoms with E-state index in [4.69, 9.17) is 14.2 Å². The summed E-state index contributed by atoms with van der Waals surface area (Å²) in [6.07, 6.45) is 96.9. The predicted octanol–water partition coefficient (Wildman–Crippen LogP) is 24.6. The van der Waals surface area contributed by atoms with Gasteiger partial charge in [0, 0.05) is 19.3 Å². The predicted molar refractivity (Wildman–Crippen MR) is 362 cm³/mol. The molecule has 0 bridgehead atoms. The van der Waals surface area contributed by atoms with Gasteiger partial charge in [0.1, 0.15) is 13.2 Å². The van der Waals surface area contributed by atoms with Crippen molar-refractivity contribution in [3.63, 3.8) is 0 Å². The molecule has 0 spiro atoms. The van der Waals surface area contributed by atoms with Gasteiger partial charge in [-0.05, 0) is 103 Å². The third-order valence-corrected chi connectivity index (χ3v) is 15.3. The molecule has 6 nitrogen and oxygen atoms in total. The number of esters is 3. The van der Waals surface area contributed by atoms with Crippen LogP contribution in [0.4, 0.5) is 0 Å². The summed E-state index contributed by atoms with van der Waals surface area (Å²) < 4.78 is 17.0. The highest BCUT2D eigenvalue weighted by atomic mass is 16.6. The molecule has 1 atom stereocenters. The average molecular weight is 1150 g/mol. The Kier molecular flexibility index (Phi) is 67.2. The zero-order valence-corrected chi connectivity index (χ0v) is 54.7. The minimum Gasteiger partial charge on any atom is -0.462 e. The smallest absolute Gasteiger partial charge is 0.306 e. The Morgan fingerprint density at radius 1 is 0.253 bits per heavy atom. The second-order valence-electron chi connectivity index (χ2n) is 23.4. The lowest BCUT2D eigenvalue weighted by Crippen LogP contribution is -2.30. The van der Waals surface area contributed by atoms with Gasteiger partial charge in [0.15, 0.2) is 6.10 Å². The van der Waals surface area contributed by atoms with Crippen LogP contribution in [0, 0.1) is 0 Å². The number of hydrogen-bond acceptors (Lipinski definition) is 6. The van der Waals surface area contributed by atoms with Crippen molar-refractivity contribution in [1.29, 1.82) is 0 Å². The second kappa shape index (κ2) is 70.6. The molecule has 0 aromatic heterocycles. The molecular weight excluding hydrogens is 1020 g/mol. The fourth-order valence-corrected chi connectivity index (χ4v) is 10.1. The first-order valence-corrected chi connectivity index (χ1v) is 35.4. The van der Waals surface area contributed by atoms with Gasteiger partial charge in [0.2, 0.25) is 0 Å². The summed E-state index contributed by atoms with van der Waals surface area (Å²) in [6, 6.07) is 0. The summed E-state index contributed by atoms with van der Waals surface area (Å²) in [4.78, 5) is 38.5. The monoisotopic (exact) mass is 1150 g/mol. The van der Waals surface area contributed by atoms with Crippen molar-refractivity contribution in [2.45, 2.75) is 348 Å². The summed E-state index contributed by atoms with van der Waals surface area (Å²) in [6.45, 7) is 6.42. The number of rotatable bonds is 64. The summed E-state index contributed by atoms with van der Waals surface area (Å²) >= 11 is 0. The van der Waals surface area contributed by atoms with E-state index in [9.17, 15) is 14.4 Å². The Morgan fingerprint density at radius 2 is 0.470 bits per heavy atom. The van der Waals surface area contributed by atoms with E-state index in [1.54, 1.807) is 0 Å². The van der Waals surface area contributed by atoms with Gasteiger partial charge in [-0.2, -0.15) is 0 Å². The zero-order chi connectivity index (χ0) is 59.9. The maximum absolute atomic E-state index is 12.9. The Balaban J connectivity index is 4.37. The molecular formula is C77H132O6. The number of unbranched alkanes of at least 4 members (excludes halogenated alkanes) is 35. The lowest BCUT2D eigenvalue weighted by atomic mass is 10.0. The molecule has 0 saturated heterocycles. The van der Waals surface area contributed by atoms with E-state index < -0.39 is 6.10 Å². The molecule has 476 valence electrons. The molecule has 0 aromatic carbocycles. The molecule has 0 fully saturated rings. The largest absolute Gasteiger partial charge is 0.462 e. The molecule has 6 heteroatoms. The Hall–Kier alpha value is -3.93. The summed E-state index contributed by atoms with van der Waals surface area (Å²) in [5.41, 5.74) is 0. The standard InChI is InChI=1S/C77H132O6/c1-4-7-10-13-16-19-22-25-28-31-34-35-36-37-38-39-40-41-44-46-49-52-55-58-61-64-67-70-76(79)82-73-74(83-77(80)71-68-65-62-59-56-53-50-47-43-33-30-27-24-21-18-15-12-9-6-3)72-81-75(78)69-66-63-60-57-54-51-48-45-42-32-29-26-23-20-17-14-11-8-5-2/h8-9,11-12,17-18,20-21,26-27,29-30,42-43,45,47,53,56,74H,4-7,10,13-16,19,22-25,28,31-41,44,46,48-52,54-55,57-73H2,1-3H3/b11-8-,12-9-,20-17-,21-18-,29-26-,30-27-,45-42-,47-43-,56-53-. The molecule has 0 aliphatic rings. The highest BCUT2D eigenvalue weighted by molar-refractivity contribution is 5.71. The lowest BCUT2D eigenvalue weighted by Gasteiger charge is -2.18. The van der Waals surface area contributed by atoms with E-state index in [0.29, 0.717) is 12.8 Å². The maximum atomic E-state index is 12.9. The van der Waals surface area contributed by atoms with Gasteiger partial charge >= 0.3 is 17.9 Å². The lowest BCUT2D eigenvalue weighted by molar-refractivity contribution is -0.167. The van der Waals surface area contributed by atoms with Crippen LogP contribution < -0.4 is 0 Å². The van der Waals surface area contributed by atoms with Gasteiger partial charge in [0.25, 0.3) is 0 Å². The van der Waals surface area contributed by atoms with E-state index in [1.165, 1.54) is 167 Å². The van der Waals surface area contributed by atoms with Crippen molar-refractivity contribution in [1.82, 2.24) is 0 Å². The molecule has 83 heavy (non-hydrogen) atoms. The quantitative estimate of drug-likeness (QED) is 0.0261. The van der Waals surface area contributed by atoms with E-state index in [0.717, 1.165) is 135 Å². The normalized spacial score (nSPS) is 12.8. The van der Waals surface area contributed by atoms with Crippen LogP contribution in [-0.2, 0) is 28.6 Å². The van der Waals surface area contributed by atoms with Crippen molar-refractivity contribution in [2.24, 2.45) is 0 Å². The fraction of sp³-hybridized carbons (Fsp3) is 0.727. The molecule has 0 saturated carbocycles. The van der Waals surface area contributed by atoms with E-state index in [-0.39, 0.29) is 37.5 Å². The molecule has 0 amide bonds. The van der Waals surface area contributed by atoms with Crippen molar-refractivity contribution in [3.8, 4) is 0 Å². The minimum atomic E-state index is -0.805. The number of ether oxygens (including phenoxy) is 3. The summed E-state index contributed by atoms with van der Waals surface area (Å²) in [7, 11) is 0. The van der Waals surface area contributed by atoms with Gasteiger partial charge in [-0.15, -0.1) is 0 Å². The van der Waals surface area contributed by atoms with Gasteiger partial charge in [-0.25, -0.2) is 0 Å². The SMILES string of the molecule is CC/C=C\C/C=C\C/C=C\C/C=C\C/C=C\CCCCCC(=O)OC(COC(=O)CCCCCCCC/C=C\C/C=C\C/C=C\C/C=C\CC)COC(=O)CCCCCCCCCCCCCCCCCCCCCCCCCCCCC. The Morgan fingerprint density at radius 3 is 0.747 bits per heavy atom. The highest BCUT2D eigenvalue weighted by Gasteiger charge is 2.19. The average Bonchev–Trinajstić information content (AvgIpc) is 3.50. The maximum Gasteiger partial charge on any atom is 0.306 e. The van der Waals surface area contributed by atoms with Crippen LogP contribution in [0.3, 0.4) is 0 Å². The molecule has 0 aliphatic heterocycles. The van der Waals surface area contributed by atoms with Crippen LogP contribution >= 0.6 is 0 Å². The Labute approximate surface area is 514 Å². The van der Waals surface area contributed by atoms with Gasteiger partial charge < -0.3 is 14.2 Å². The van der Waals surface area contributed by atoms with Crippen molar-refractivity contribution < 1.29 is 28.6 Å². The minimum absolute atomic E-state index is 0.0949. The van der Waals surface area contributed by atoms with E-state index in [2.05, 4.69) is 130 Å². The Bertz CT molecular complexity index is 1660. The van der Waals surface area contributed by atoms with Gasteiger partial charge in [-0.3, -0.25) is 14.4 Å². The van der Waals surface area contributed by atoms with Gasteiger partial charge in [-0.1, -0.05) is 329 Å². The topological polar surface area (TPSA) is 78.9 Å². The summed E-state index contributed by atoms with van der Waals surface area (Å²) in [5, 5.41) is 0. The molecule has 0 rings (SSSR count). The van der Waals surface area contributed by atoms with Crippen LogP contribution in [0.5, 0.6) is 0 Å². The van der Waals surface area contributed by atoms with Crippen LogP contribution in [-0.4, -0.2) is 37.2 Å². The van der Waals surface area contributed by atoms with Crippen molar-refractivity contribution in [2.75, 3.05) is 13.2 Å². The van der Waals surface area contributed by atoms with Gasteiger partial charge in [0.05, 0.1) is 0 Å². The first-order valence-electron chi connectivity index (χ1n) is 35.4. The van der Waals surface area contributed by atoms with Crippen LogP contribution in [0.1, 0.15) is 342 Å². The first kappa shape index (κ1) is 79.1. The second-order valence-corrected chi connectivity index (χ2v) is 23.4. The van der Waals surface area contributed by atoms with Crippen LogP contribution in [0.25, 0.3) is 0 Å². The molecule has 1 unspecified atom stereocenters. The fourth-order valence-electron chi connectivity index (χ4n) is 10.1. The number of allylic oxidation sites excluding steroid dienone is 18. The third kappa shape index (κ3) is 68.7. The first-order chi connectivity index (χ1) is 41.0. The number of hydrogen-bond donors (Lipinski definition) is 0. The van der Waals surface area contributed by atoms with Crippen LogP contribution in [0.15, 0.2) is 109 Å². The molecule has 0 aromatic rings. The zero-order valence-electron chi connectivity index (χ0n) is 54.7. The van der Waals surface area contributed by atoms with Crippen molar-refractivity contribution in [3.05, 3.63) is 109 Å². The molecule has 0 N–H and O–H groups in total. The number of carbonyl (C=O) groups excluding carboxylic acids is 3. The molecule has 0 aliphatic carbocycles. The molecule has 0 heterocycles.